The number of carbonyl (C=O) groups excluding carboxylic acids is 2. The van der Waals surface area contributed by atoms with Crippen LogP contribution in [0.3, 0.4) is 0 Å². The van der Waals surface area contributed by atoms with Gasteiger partial charge in [0.2, 0.25) is 0 Å². The third-order valence-electron chi connectivity index (χ3n) is 4.56. The molecule has 2 aromatic rings. The van der Waals surface area contributed by atoms with Gasteiger partial charge in [-0.15, -0.1) is 0 Å². The monoisotopic (exact) mass is 550 g/mol. The number of methoxy groups -OCH3 is 2. The van der Waals surface area contributed by atoms with Gasteiger partial charge in [-0.25, -0.2) is 0 Å². The number of hydrogen-bond donors (Lipinski definition) is 1. The van der Waals surface area contributed by atoms with Crippen LogP contribution in [0.25, 0.3) is 6.08 Å². The van der Waals surface area contributed by atoms with Gasteiger partial charge in [-0.1, -0.05) is 42.2 Å². The molecule has 1 heterocycles. The highest BCUT2D eigenvalue weighted by Gasteiger charge is 2.31. The predicted octanol–water partition coefficient (Wildman–Crippen LogP) is 4.71. The van der Waals surface area contributed by atoms with Crippen LogP contribution in [-0.2, 0) is 14.3 Å². The van der Waals surface area contributed by atoms with E-state index < -0.39 is 0 Å². The minimum absolute atomic E-state index is 0.130. The first-order valence-corrected chi connectivity index (χ1v) is 12.0. The highest BCUT2D eigenvalue weighted by Crippen LogP contribution is 2.39. The van der Waals surface area contributed by atoms with Crippen molar-refractivity contribution in [3.8, 4) is 11.5 Å². The van der Waals surface area contributed by atoms with Crippen molar-refractivity contribution in [3.05, 3.63) is 57.4 Å². The van der Waals surface area contributed by atoms with E-state index in [1.54, 1.807) is 42.4 Å². The van der Waals surface area contributed by atoms with Crippen LogP contribution in [0.2, 0.25) is 0 Å². The lowest BCUT2D eigenvalue weighted by Gasteiger charge is -2.14. The molecule has 3 rings (SSSR count). The molecule has 0 aliphatic carbocycles. The van der Waals surface area contributed by atoms with Crippen molar-refractivity contribution in [1.82, 2.24) is 4.90 Å². The summed E-state index contributed by atoms with van der Waals surface area (Å²) in [6, 6.07) is 12.7. The Hall–Kier alpha value is -2.40. The van der Waals surface area contributed by atoms with Gasteiger partial charge in [0.15, 0.2) is 18.1 Å². The van der Waals surface area contributed by atoms with E-state index in [9.17, 15) is 9.59 Å². The molecule has 0 bridgehead atoms. The first-order valence-electron chi connectivity index (χ1n) is 10.0. The standard InChI is InChI=1S/C23H23BrN2O5S2/c1-29-10-6-9-26-22(28)19(33-23(26)32)13-15-11-17(24)21(18(12-15)30-2)31-14-20(27)25-16-7-4-3-5-8-16/h3-5,7-8,11-13H,6,9-10,14H2,1-2H3,(H,25,27)/b19-13-. The van der Waals surface area contributed by atoms with E-state index in [2.05, 4.69) is 21.2 Å². The van der Waals surface area contributed by atoms with Gasteiger partial charge >= 0.3 is 0 Å². The Balaban J connectivity index is 1.70. The fourth-order valence-corrected chi connectivity index (χ4v) is 4.91. The predicted molar refractivity (Wildman–Crippen MR) is 138 cm³/mol. The van der Waals surface area contributed by atoms with Crippen molar-refractivity contribution in [3.63, 3.8) is 0 Å². The van der Waals surface area contributed by atoms with Crippen molar-refractivity contribution in [2.24, 2.45) is 0 Å². The van der Waals surface area contributed by atoms with Crippen molar-refractivity contribution < 1.29 is 23.8 Å². The zero-order chi connectivity index (χ0) is 23.8. The molecule has 0 atom stereocenters. The lowest BCUT2D eigenvalue weighted by atomic mass is 10.2. The number of rotatable bonds is 10. The number of halogens is 1. The highest BCUT2D eigenvalue weighted by atomic mass is 79.9. The fraction of sp³-hybridized carbons (Fsp3) is 0.261. The molecule has 0 saturated carbocycles. The van der Waals surface area contributed by atoms with Gasteiger partial charge in [0.25, 0.3) is 11.8 Å². The summed E-state index contributed by atoms with van der Waals surface area (Å²) >= 11 is 10.1. The molecule has 7 nitrogen and oxygen atoms in total. The van der Waals surface area contributed by atoms with Crippen LogP contribution in [-0.4, -0.2) is 55.0 Å². The van der Waals surface area contributed by atoms with Crippen LogP contribution in [0.4, 0.5) is 5.69 Å². The molecule has 0 spiro atoms. The molecule has 1 aliphatic rings. The number of anilines is 1. The molecule has 0 radical (unpaired) electrons. The number of thioether (sulfide) groups is 1. The van der Waals surface area contributed by atoms with E-state index in [-0.39, 0.29) is 18.4 Å². The second kappa shape index (κ2) is 12.2. The summed E-state index contributed by atoms with van der Waals surface area (Å²) in [6.07, 6.45) is 2.47. The molecule has 2 aromatic carbocycles. The maximum atomic E-state index is 12.7. The van der Waals surface area contributed by atoms with E-state index >= 15 is 0 Å². The number of carbonyl (C=O) groups is 2. The van der Waals surface area contributed by atoms with Crippen LogP contribution < -0.4 is 14.8 Å². The second-order valence-corrected chi connectivity index (χ2v) is 9.45. The normalized spacial score (nSPS) is 14.6. The van der Waals surface area contributed by atoms with Gasteiger partial charge in [-0.05, 0) is 58.3 Å². The molecule has 1 saturated heterocycles. The topological polar surface area (TPSA) is 77.1 Å². The van der Waals surface area contributed by atoms with Crippen molar-refractivity contribution >= 4 is 67.8 Å². The Morgan fingerprint density at radius 3 is 2.70 bits per heavy atom. The Morgan fingerprint density at radius 2 is 2.00 bits per heavy atom. The smallest absolute Gasteiger partial charge is 0.266 e. The van der Waals surface area contributed by atoms with Gasteiger partial charge in [0, 0.05) is 25.9 Å². The van der Waals surface area contributed by atoms with Crippen LogP contribution >= 0.6 is 39.9 Å². The summed E-state index contributed by atoms with van der Waals surface area (Å²) < 4.78 is 17.3. The first kappa shape index (κ1) is 25.2. The van der Waals surface area contributed by atoms with Crippen LogP contribution in [0, 0.1) is 0 Å². The molecule has 1 N–H and O–H groups in total. The number of benzene rings is 2. The van der Waals surface area contributed by atoms with Gasteiger partial charge in [0.1, 0.15) is 4.32 Å². The minimum atomic E-state index is -0.295. The quantitative estimate of drug-likeness (QED) is 0.260. The lowest BCUT2D eigenvalue weighted by molar-refractivity contribution is -0.122. The maximum absolute atomic E-state index is 12.7. The zero-order valence-electron chi connectivity index (χ0n) is 18.1. The Labute approximate surface area is 210 Å². The van der Waals surface area contributed by atoms with Crippen LogP contribution in [0.15, 0.2) is 51.8 Å². The lowest BCUT2D eigenvalue weighted by Crippen LogP contribution is -2.29. The molecule has 0 aromatic heterocycles. The number of amides is 2. The summed E-state index contributed by atoms with van der Waals surface area (Å²) in [6.45, 7) is 0.884. The number of para-hydroxylation sites is 1. The minimum Gasteiger partial charge on any atom is -0.493 e. The summed E-state index contributed by atoms with van der Waals surface area (Å²) in [4.78, 5) is 27.1. The molecular formula is C23H23BrN2O5S2. The van der Waals surface area contributed by atoms with E-state index in [0.29, 0.717) is 50.5 Å². The Bertz CT molecular complexity index is 1060. The zero-order valence-corrected chi connectivity index (χ0v) is 21.3. The third kappa shape index (κ3) is 6.80. The molecule has 10 heteroatoms. The van der Waals surface area contributed by atoms with Gasteiger partial charge < -0.3 is 19.5 Å². The van der Waals surface area contributed by atoms with E-state index in [4.69, 9.17) is 26.4 Å². The maximum Gasteiger partial charge on any atom is 0.266 e. The second-order valence-electron chi connectivity index (χ2n) is 6.92. The third-order valence-corrected chi connectivity index (χ3v) is 6.53. The first-order chi connectivity index (χ1) is 15.9. The highest BCUT2D eigenvalue weighted by molar-refractivity contribution is 9.10. The van der Waals surface area contributed by atoms with Gasteiger partial charge in [0.05, 0.1) is 16.5 Å². The number of hydrogen-bond acceptors (Lipinski definition) is 7. The molecule has 1 aliphatic heterocycles. The largest absolute Gasteiger partial charge is 0.493 e. The summed E-state index contributed by atoms with van der Waals surface area (Å²) in [5.74, 6) is 0.397. The summed E-state index contributed by atoms with van der Waals surface area (Å²) in [5.41, 5.74) is 1.42. The van der Waals surface area contributed by atoms with Gasteiger partial charge in [-0.3, -0.25) is 14.5 Å². The van der Waals surface area contributed by atoms with E-state index in [1.165, 1.54) is 18.9 Å². The molecule has 0 unspecified atom stereocenters. The van der Waals surface area contributed by atoms with Crippen LogP contribution in [0.1, 0.15) is 12.0 Å². The fourth-order valence-electron chi connectivity index (χ4n) is 3.03. The Kier molecular flexibility index (Phi) is 9.30. The number of ether oxygens (including phenoxy) is 3. The molecule has 2 amide bonds. The van der Waals surface area contributed by atoms with Gasteiger partial charge in [-0.2, -0.15) is 0 Å². The van der Waals surface area contributed by atoms with Crippen molar-refractivity contribution in [2.75, 3.05) is 39.3 Å². The summed E-state index contributed by atoms with van der Waals surface area (Å²) in [5, 5.41) is 2.77. The van der Waals surface area contributed by atoms with Crippen molar-refractivity contribution in [2.45, 2.75) is 6.42 Å². The van der Waals surface area contributed by atoms with E-state index in [0.717, 1.165) is 5.56 Å². The SMILES string of the molecule is COCCCN1C(=O)/C(=C/c2cc(Br)c(OCC(=O)Nc3ccccc3)c(OC)c2)SC1=S. The van der Waals surface area contributed by atoms with E-state index in [1.807, 2.05) is 18.2 Å². The molecule has 174 valence electrons. The van der Waals surface area contributed by atoms with Crippen molar-refractivity contribution in [1.29, 1.82) is 0 Å². The molecular weight excluding hydrogens is 528 g/mol. The Morgan fingerprint density at radius 1 is 1.24 bits per heavy atom. The average molecular weight is 551 g/mol. The molecule has 33 heavy (non-hydrogen) atoms. The summed E-state index contributed by atoms with van der Waals surface area (Å²) in [7, 11) is 3.14. The molecule has 1 fully saturated rings. The number of thiocarbonyl (C=S) groups is 1. The number of nitrogens with zero attached hydrogens (tertiary/aromatic N) is 1. The average Bonchev–Trinajstić information content (AvgIpc) is 3.06. The van der Waals surface area contributed by atoms with Crippen LogP contribution in [0.5, 0.6) is 11.5 Å². The number of nitrogens with one attached hydrogen (secondary N) is 1.